The maximum Gasteiger partial charge on any atom is 0.0457 e. The molecule has 0 spiro atoms. The molecular weight excluding hydrogens is 338 g/mol. The van der Waals surface area contributed by atoms with E-state index in [-0.39, 0.29) is 5.41 Å². The Labute approximate surface area is 167 Å². The van der Waals surface area contributed by atoms with Gasteiger partial charge >= 0.3 is 0 Å². The molecule has 1 aliphatic rings. The quantitative estimate of drug-likeness (QED) is 0.473. The molecule has 1 N–H and O–H groups in total. The second-order valence-electron chi connectivity index (χ2n) is 7.62. The smallest absolute Gasteiger partial charge is 0.0457 e. The molecule has 3 aromatic carbocycles. The molecule has 0 fully saturated rings. The van der Waals surface area contributed by atoms with E-state index in [0.29, 0.717) is 0 Å². The highest BCUT2D eigenvalue weighted by molar-refractivity contribution is 5.84. The molecule has 0 atom stereocenters. The number of fused-ring (bicyclic) bond motifs is 3. The van der Waals surface area contributed by atoms with E-state index < -0.39 is 0 Å². The molecule has 0 bridgehead atoms. The first-order valence-corrected chi connectivity index (χ1v) is 9.67. The lowest BCUT2D eigenvalue weighted by molar-refractivity contribution is 0.660. The summed E-state index contributed by atoms with van der Waals surface area (Å²) in [6.45, 7) is 8.37. The van der Waals surface area contributed by atoms with Crippen molar-refractivity contribution in [2.24, 2.45) is 0 Å². The fourth-order valence-electron chi connectivity index (χ4n) is 4.00. The van der Waals surface area contributed by atoms with Gasteiger partial charge in [-0.25, -0.2) is 0 Å². The van der Waals surface area contributed by atoms with Crippen LogP contribution in [0, 0.1) is 0 Å². The summed E-state index contributed by atoms with van der Waals surface area (Å²) in [6, 6.07) is 25.8. The van der Waals surface area contributed by atoms with E-state index in [4.69, 9.17) is 0 Å². The van der Waals surface area contributed by atoms with E-state index >= 15 is 0 Å². The Balaban J connectivity index is 1.73. The number of hydrogen-bond acceptors (Lipinski definition) is 1. The van der Waals surface area contributed by atoms with Crippen molar-refractivity contribution < 1.29 is 0 Å². The number of anilines is 1. The molecule has 28 heavy (non-hydrogen) atoms. The summed E-state index contributed by atoms with van der Waals surface area (Å²) in [5.74, 6) is 0. The number of benzene rings is 3. The summed E-state index contributed by atoms with van der Waals surface area (Å²) in [7, 11) is 0. The lowest BCUT2D eigenvalue weighted by Crippen LogP contribution is -2.15. The van der Waals surface area contributed by atoms with Crippen molar-refractivity contribution in [1.29, 1.82) is 0 Å². The molecular formula is C27H25N. The Morgan fingerprint density at radius 3 is 2.32 bits per heavy atom. The fourth-order valence-corrected chi connectivity index (χ4v) is 4.00. The average molecular weight is 364 g/mol. The zero-order chi connectivity index (χ0) is 19.6. The molecule has 4 rings (SSSR count). The highest BCUT2D eigenvalue weighted by Crippen LogP contribution is 2.49. The van der Waals surface area contributed by atoms with Crippen molar-refractivity contribution in [3.63, 3.8) is 0 Å². The molecule has 0 unspecified atom stereocenters. The fraction of sp³-hybridized carbons (Fsp3) is 0.111. The van der Waals surface area contributed by atoms with Gasteiger partial charge in [0.25, 0.3) is 0 Å². The van der Waals surface area contributed by atoms with Gasteiger partial charge in [-0.05, 0) is 46.0 Å². The van der Waals surface area contributed by atoms with Crippen LogP contribution in [-0.4, -0.2) is 0 Å². The maximum absolute atomic E-state index is 3.75. The van der Waals surface area contributed by atoms with Crippen LogP contribution in [0.2, 0.25) is 0 Å². The zero-order valence-electron chi connectivity index (χ0n) is 16.4. The Kier molecular flexibility index (Phi) is 4.75. The monoisotopic (exact) mass is 363 g/mol. The molecule has 0 aromatic heterocycles. The molecule has 0 saturated carbocycles. The third-order valence-corrected chi connectivity index (χ3v) is 5.46. The summed E-state index contributed by atoms with van der Waals surface area (Å²) in [6.07, 6.45) is 7.82. The topological polar surface area (TPSA) is 12.0 Å². The standard InChI is InChI=1S/C27H25N/c1-4-5-7-16-26(20-12-8-6-9-13-20)28-21-17-18-23-22-14-10-11-15-24(22)27(2,3)25(23)19-21/h4-19,28H,1H2,2-3H3/b7-5-,26-16+. The van der Waals surface area contributed by atoms with Crippen LogP contribution >= 0.6 is 0 Å². The molecule has 138 valence electrons. The molecule has 0 saturated heterocycles. The van der Waals surface area contributed by atoms with Crippen molar-refractivity contribution in [2.45, 2.75) is 19.3 Å². The molecule has 1 nitrogen and oxygen atoms in total. The van der Waals surface area contributed by atoms with Gasteiger partial charge in [0.1, 0.15) is 0 Å². The first-order valence-electron chi connectivity index (χ1n) is 9.67. The molecule has 1 heteroatoms. The van der Waals surface area contributed by atoms with E-state index in [1.807, 2.05) is 18.2 Å². The van der Waals surface area contributed by atoms with Crippen molar-refractivity contribution in [3.05, 3.63) is 120 Å². The molecule has 0 aliphatic heterocycles. The van der Waals surface area contributed by atoms with Crippen molar-refractivity contribution in [3.8, 4) is 11.1 Å². The zero-order valence-corrected chi connectivity index (χ0v) is 16.4. The second kappa shape index (κ2) is 7.36. The third-order valence-electron chi connectivity index (χ3n) is 5.46. The van der Waals surface area contributed by atoms with Crippen LogP contribution in [0.3, 0.4) is 0 Å². The Morgan fingerprint density at radius 2 is 1.54 bits per heavy atom. The lowest BCUT2D eigenvalue weighted by atomic mass is 9.82. The van der Waals surface area contributed by atoms with Crippen LogP contribution in [0.5, 0.6) is 0 Å². The SMILES string of the molecule is C=C/C=C\C=C(\Nc1ccc2c(c1)C(C)(C)c1ccccc1-2)c1ccccc1. The van der Waals surface area contributed by atoms with Crippen LogP contribution in [0.25, 0.3) is 16.8 Å². The first kappa shape index (κ1) is 18.1. The maximum atomic E-state index is 3.75. The Bertz CT molecular complexity index is 1070. The number of hydrogen-bond donors (Lipinski definition) is 1. The van der Waals surface area contributed by atoms with Gasteiger partial charge in [0.15, 0.2) is 0 Å². The molecule has 0 radical (unpaired) electrons. The highest BCUT2D eigenvalue weighted by atomic mass is 14.9. The minimum atomic E-state index is 0.00296. The largest absolute Gasteiger partial charge is 0.355 e. The first-order chi connectivity index (χ1) is 13.6. The summed E-state index contributed by atoms with van der Waals surface area (Å²) in [4.78, 5) is 0. The van der Waals surface area contributed by atoms with Gasteiger partial charge in [-0.1, -0.05) is 99.3 Å². The van der Waals surface area contributed by atoms with Crippen LogP contribution in [-0.2, 0) is 5.41 Å². The Morgan fingerprint density at radius 1 is 0.821 bits per heavy atom. The normalized spacial score (nSPS) is 14.6. The third kappa shape index (κ3) is 3.20. The van der Waals surface area contributed by atoms with Gasteiger partial charge in [0.2, 0.25) is 0 Å². The van der Waals surface area contributed by atoms with Crippen molar-refractivity contribution >= 4 is 11.4 Å². The van der Waals surface area contributed by atoms with Crippen LogP contribution in [0.4, 0.5) is 5.69 Å². The van der Waals surface area contributed by atoms with E-state index in [1.165, 1.54) is 22.3 Å². The van der Waals surface area contributed by atoms with Crippen LogP contribution in [0.1, 0.15) is 30.5 Å². The molecule has 1 aliphatic carbocycles. The van der Waals surface area contributed by atoms with E-state index in [9.17, 15) is 0 Å². The highest BCUT2D eigenvalue weighted by Gasteiger charge is 2.35. The Hall–Kier alpha value is -3.32. The minimum absolute atomic E-state index is 0.00296. The summed E-state index contributed by atoms with van der Waals surface area (Å²) < 4.78 is 0. The molecule has 3 aromatic rings. The predicted octanol–water partition coefficient (Wildman–Crippen LogP) is 7.19. The number of nitrogens with one attached hydrogen (secondary N) is 1. The summed E-state index contributed by atoms with van der Waals surface area (Å²) >= 11 is 0. The predicted molar refractivity (Wildman–Crippen MR) is 121 cm³/mol. The molecule has 0 amide bonds. The summed E-state index contributed by atoms with van der Waals surface area (Å²) in [5.41, 5.74) is 8.77. The summed E-state index contributed by atoms with van der Waals surface area (Å²) in [5, 5.41) is 3.62. The second-order valence-corrected chi connectivity index (χ2v) is 7.62. The van der Waals surface area contributed by atoms with Crippen LogP contribution in [0.15, 0.2) is 104 Å². The van der Waals surface area contributed by atoms with Gasteiger partial charge in [-0.15, -0.1) is 0 Å². The van der Waals surface area contributed by atoms with Gasteiger partial charge in [0.05, 0.1) is 0 Å². The van der Waals surface area contributed by atoms with E-state index in [2.05, 4.69) is 98.5 Å². The van der Waals surface area contributed by atoms with Gasteiger partial charge < -0.3 is 5.32 Å². The lowest BCUT2D eigenvalue weighted by Gasteiger charge is -2.22. The minimum Gasteiger partial charge on any atom is -0.355 e. The number of allylic oxidation sites excluding steroid dienone is 4. The van der Waals surface area contributed by atoms with E-state index in [1.54, 1.807) is 6.08 Å². The van der Waals surface area contributed by atoms with Crippen molar-refractivity contribution in [2.75, 3.05) is 5.32 Å². The van der Waals surface area contributed by atoms with Crippen LogP contribution < -0.4 is 5.32 Å². The van der Waals surface area contributed by atoms with Gasteiger partial charge in [0, 0.05) is 16.8 Å². The van der Waals surface area contributed by atoms with Gasteiger partial charge in [-0.2, -0.15) is 0 Å². The average Bonchev–Trinajstić information content (AvgIpc) is 2.95. The number of rotatable bonds is 5. The van der Waals surface area contributed by atoms with Gasteiger partial charge in [-0.3, -0.25) is 0 Å². The van der Waals surface area contributed by atoms with Crippen molar-refractivity contribution in [1.82, 2.24) is 0 Å². The molecule has 0 heterocycles. The van der Waals surface area contributed by atoms with E-state index in [0.717, 1.165) is 16.9 Å².